The number of carbonyl (C=O) groups excluding carboxylic acids is 2. The van der Waals surface area contributed by atoms with Crippen LogP contribution in [0, 0.1) is 11.7 Å². The Kier molecular flexibility index (Phi) is 3.63. The molecule has 6 heteroatoms. The molecule has 1 saturated heterocycles. The third kappa shape index (κ3) is 2.76. The van der Waals surface area contributed by atoms with Crippen LogP contribution in [0.4, 0.5) is 15.8 Å². The van der Waals surface area contributed by atoms with E-state index >= 15 is 0 Å². The van der Waals surface area contributed by atoms with Crippen LogP contribution in [0.5, 0.6) is 0 Å². The van der Waals surface area contributed by atoms with Crippen molar-refractivity contribution in [2.45, 2.75) is 32.2 Å². The van der Waals surface area contributed by atoms with Gasteiger partial charge < -0.3 is 16.0 Å². The van der Waals surface area contributed by atoms with Gasteiger partial charge in [0, 0.05) is 12.1 Å². The summed E-state index contributed by atoms with van der Waals surface area (Å²) < 4.78 is 14.1. The molecule has 3 rings (SSSR count). The summed E-state index contributed by atoms with van der Waals surface area (Å²) in [4.78, 5) is 23.6. The topological polar surface area (TPSA) is 70.2 Å². The number of aryl methyl sites for hydroxylation is 1. The lowest BCUT2D eigenvalue weighted by molar-refractivity contribution is -0.118. The van der Waals surface area contributed by atoms with Crippen molar-refractivity contribution in [1.29, 1.82) is 0 Å². The smallest absolute Gasteiger partial charge is 0.241 e. The molecule has 1 fully saturated rings. The average Bonchev–Trinajstić information content (AvgIpc) is 2.86. The van der Waals surface area contributed by atoms with Crippen LogP contribution in [0.3, 0.4) is 0 Å². The molecule has 3 N–H and O–H groups in total. The molecule has 112 valence electrons. The van der Waals surface area contributed by atoms with E-state index in [1.165, 1.54) is 12.1 Å². The van der Waals surface area contributed by atoms with Crippen LogP contribution in [0.2, 0.25) is 0 Å². The minimum absolute atomic E-state index is 0.0857. The lowest BCUT2D eigenvalue weighted by Crippen LogP contribution is -2.39. The van der Waals surface area contributed by atoms with Gasteiger partial charge >= 0.3 is 0 Å². The lowest BCUT2D eigenvalue weighted by Gasteiger charge is -2.20. The molecule has 0 aromatic heterocycles. The minimum atomic E-state index is -0.469. The van der Waals surface area contributed by atoms with Gasteiger partial charge in [-0.2, -0.15) is 0 Å². The minimum Gasteiger partial charge on any atom is -0.326 e. The summed E-state index contributed by atoms with van der Waals surface area (Å²) in [5, 5.41) is 8.44. The van der Waals surface area contributed by atoms with E-state index in [0.29, 0.717) is 18.5 Å². The van der Waals surface area contributed by atoms with Gasteiger partial charge in [-0.1, -0.05) is 6.92 Å². The third-order valence-corrected chi connectivity index (χ3v) is 4.16. The molecule has 0 aliphatic carbocycles. The van der Waals surface area contributed by atoms with Crippen LogP contribution in [0.15, 0.2) is 12.1 Å². The van der Waals surface area contributed by atoms with Crippen molar-refractivity contribution in [3.05, 3.63) is 23.5 Å². The standard InChI is InChI=1S/C15H18FN3O2/c1-8-4-5-17-14(8)15(21)19-12-7-11-9(6-10(12)16)2-3-13(20)18-11/h6-8,14,17H,2-5H2,1H3,(H,18,20)(H,19,21). The van der Waals surface area contributed by atoms with E-state index in [1.807, 2.05) is 6.92 Å². The molecule has 0 radical (unpaired) electrons. The SMILES string of the molecule is CC1CCNC1C(=O)Nc1cc2c(cc1F)CCC(=O)N2. The highest BCUT2D eigenvalue weighted by Gasteiger charge is 2.30. The number of carbonyl (C=O) groups is 2. The maximum Gasteiger partial charge on any atom is 0.241 e. The molecular weight excluding hydrogens is 273 g/mol. The molecule has 5 nitrogen and oxygen atoms in total. The second-order valence-corrected chi connectivity index (χ2v) is 5.72. The average molecular weight is 291 g/mol. The van der Waals surface area contributed by atoms with Crippen molar-refractivity contribution in [1.82, 2.24) is 5.32 Å². The summed E-state index contributed by atoms with van der Waals surface area (Å²) in [7, 11) is 0. The normalized spacial score (nSPS) is 24.4. The van der Waals surface area contributed by atoms with E-state index < -0.39 is 5.82 Å². The Morgan fingerprint density at radius 2 is 2.19 bits per heavy atom. The maximum absolute atomic E-state index is 14.1. The van der Waals surface area contributed by atoms with Gasteiger partial charge in [0.1, 0.15) is 5.82 Å². The van der Waals surface area contributed by atoms with Crippen LogP contribution in [0.1, 0.15) is 25.3 Å². The van der Waals surface area contributed by atoms with E-state index in [-0.39, 0.29) is 29.5 Å². The van der Waals surface area contributed by atoms with Crippen LogP contribution in [-0.4, -0.2) is 24.4 Å². The molecule has 0 bridgehead atoms. The van der Waals surface area contributed by atoms with E-state index in [4.69, 9.17) is 0 Å². The predicted molar refractivity (Wildman–Crippen MR) is 77.6 cm³/mol. The Balaban J connectivity index is 1.80. The zero-order chi connectivity index (χ0) is 15.0. The van der Waals surface area contributed by atoms with Gasteiger partial charge in [-0.05, 0) is 43.0 Å². The number of fused-ring (bicyclic) bond motifs is 1. The molecule has 1 aromatic rings. The molecule has 1 aromatic carbocycles. The molecule has 0 spiro atoms. The molecule has 21 heavy (non-hydrogen) atoms. The van der Waals surface area contributed by atoms with Gasteiger partial charge in [-0.25, -0.2) is 4.39 Å². The highest BCUT2D eigenvalue weighted by molar-refractivity contribution is 5.98. The van der Waals surface area contributed by atoms with Gasteiger partial charge in [-0.3, -0.25) is 9.59 Å². The summed E-state index contributed by atoms with van der Waals surface area (Å²) in [6.45, 7) is 2.79. The summed E-state index contributed by atoms with van der Waals surface area (Å²) in [5.74, 6) is -0.562. The number of anilines is 2. The molecule has 2 heterocycles. The fraction of sp³-hybridized carbons (Fsp3) is 0.467. The molecule has 2 aliphatic rings. The van der Waals surface area contributed by atoms with E-state index in [2.05, 4.69) is 16.0 Å². The summed E-state index contributed by atoms with van der Waals surface area (Å²) in [6, 6.07) is 2.59. The maximum atomic E-state index is 14.1. The van der Waals surface area contributed by atoms with E-state index in [0.717, 1.165) is 18.5 Å². The summed E-state index contributed by atoms with van der Waals surface area (Å²) in [5.41, 5.74) is 1.45. The first-order chi connectivity index (χ1) is 10.0. The van der Waals surface area contributed by atoms with Gasteiger partial charge in [0.25, 0.3) is 0 Å². The van der Waals surface area contributed by atoms with Gasteiger partial charge in [0.05, 0.1) is 11.7 Å². The second-order valence-electron chi connectivity index (χ2n) is 5.72. The first-order valence-electron chi connectivity index (χ1n) is 7.21. The van der Waals surface area contributed by atoms with E-state index in [9.17, 15) is 14.0 Å². The van der Waals surface area contributed by atoms with Crippen molar-refractivity contribution in [2.24, 2.45) is 5.92 Å². The van der Waals surface area contributed by atoms with Crippen LogP contribution < -0.4 is 16.0 Å². The molecule has 2 amide bonds. The Bertz CT molecular complexity index is 603. The van der Waals surface area contributed by atoms with E-state index in [1.54, 1.807) is 0 Å². The zero-order valence-electron chi connectivity index (χ0n) is 11.8. The highest BCUT2D eigenvalue weighted by Crippen LogP contribution is 2.29. The first-order valence-corrected chi connectivity index (χ1v) is 7.21. The van der Waals surface area contributed by atoms with Crippen LogP contribution >= 0.6 is 0 Å². The number of amides is 2. The number of rotatable bonds is 2. The quantitative estimate of drug-likeness (QED) is 0.776. The number of nitrogens with one attached hydrogen (secondary N) is 3. The molecular formula is C15H18FN3O2. The van der Waals surface area contributed by atoms with Crippen molar-refractivity contribution >= 4 is 23.2 Å². The largest absolute Gasteiger partial charge is 0.326 e. The Morgan fingerprint density at radius 3 is 2.90 bits per heavy atom. The van der Waals surface area contributed by atoms with Gasteiger partial charge in [-0.15, -0.1) is 0 Å². The summed E-state index contributed by atoms with van der Waals surface area (Å²) in [6.07, 6.45) is 1.82. The van der Waals surface area contributed by atoms with Crippen molar-refractivity contribution in [3.63, 3.8) is 0 Å². The lowest BCUT2D eigenvalue weighted by atomic mass is 10.0. The first kappa shape index (κ1) is 14.0. The fourth-order valence-corrected chi connectivity index (χ4v) is 2.89. The van der Waals surface area contributed by atoms with Crippen LogP contribution in [-0.2, 0) is 16.0 Å². The van der Waals surface area contributed by atoms with Crippen molar-refractivity contribution in [3.8, 4) is 0 Å². The Morgan fingerprint density at radius 1 is 1.38 bits per heavy atom. The molecule has 2 atom stereocenters. The highest BCUT2D eigenvalue weighted by atomic mass is 19.1. The van der Waals surface area contributed by atoms with Crippen molar-refractivity contribution in [2.75, 3.05) is 17.2 Å². The Hall–Kier alpha value is -1.95. The van der Waals surface area contributed by atoms with Gasteiger partial charge in [0.15, 0.2) is 0 Å². The summed E-state index contributed by atoms with van der Waals surface area (Å²) >= 11 is 0. The Labute approximate surface area is 122 Å². The van der Waals surface area contributed by atoms with Gasteiger partial charge in [0.2, 0.25) is 11.8 Å². The van der Waals surface area contributed by atoms with Crippen molar-refractivity contribution < 1.29 is 14.0 Å². The molecule has 2 aliphatic heterocycles. The van der Waals surface area contributed by atoms with Crippen LogP contribution in [0.25, 0.3) is 0 Å². The molecule has 0 saturated carbocycles. The fourth-order valence-electron chi connectivity index (χ4n) is 2.89. The second kappa shape index (κ2) is 5.44. The third-order valence-electron chi connectivity index (χ3n) is 4.16. The number of hydrogen-bond acceptors (Lipinski definition) is 3. The number of hydrogen-bond donors (Lipinski definition) is 3. The predicted octanol–water partition coefficient (Wildman–Crippen LogP) is 1.65. The molecule has 2 unspecified atom stereocenters. The monoisotopic (exact) mass is 291 g/mol. The zero-order valence-corrected chi connectivity index (χ0v) is 11.8. The number of benzene rings is 1. The number of halogens is 1.